The van der Waals surface area contributed by atoms with E-state index < -0.39 is 0 Å². The van der Waals surface area contributed by atoms with Gasteiger partial charge in [0.2, 0.25) is 0 Å². The van der Waals surface area contributed by atoms with Crippen molar-refractivity contribution in [3.8, 4) is 0 Å². The first-order valence-electron chi connectivity index (χ1n) is 9.69. The van der Waals surface area contributed by atoms with Gasteiger partial charge in [-0.25, -0.2) is 0 Å². The fourth-order valence-electron chi connectivity index (χ4n) is 3.41. The molecular formula is C20H32IN5O. The van der Waals surface area contributed by atoms with Crippen LogP contribution in [0.2, 0.25) is 0 Å². The van der Waals surface area contributed by atoms with Crippen molar-refractivity contribution in [2.45, 2.75) is 39.3 Å². The summed E-state index contributed by atoms with van der Waals surface area (Å²) >= 11 is 0. The van der Waals surface area contributed by atoms with E-state index >= 15 is 0 Å². The van der Waals surface area contributed by atoms with Crippen LogP contribution in [0.1, 0.15) is 37.3 Å². The van der Waals surface area contributed by atoms with Gasteiger partial charge in [-0.1, -0.05) is 0 Å². The highest BCUT2D eigenvalue weighted by Crippen LogP contribution is 2.26. The number of hydrogen-bond acceptors (Lipinski definition) is 3. The first-order valence-corrected chi connectivity index (χ1v) is 9.69. The lowest BCUT2D eigenvalue weighted by molar-refractivity contribution is 0.219. The van der Waals surface area contributed by atoms with E-state index in [1.807, 2.05) is 25.1 Å². The Morgan fingerprint density at radius 2 is 1.93 bits per heavy atom. The van der Waals surface area contributed by atoms with Crippen molar-refractivity contribution < 1.29 is 4.42 Å². The number of aromatic nitrogens is 1. The minimum absolute atomic E-state index is 0. The summed E-state index contributed by atoms with van der Waals surface area (Å²) < 4.78 is 8.09. The van der Waals surface area contributed by atoms with E-state index in [2.05, 4.69) is 45.5 Å². The second-order valence-corrected chi connectivity index (χ2v) is 6.77. The molecule has 7 heteroatoms. The van der Waals surface area contributed by atoms with Gasteiger partial charge in [-0.15, -0.1) is 24.0 Å². The molecular weight excluding hydrogens is 453 g/mol. The molecule has 3 heterocycles. The van der Waals surface area contributed by atoms with Crippen molar-refractivity contribution in [2.24, 2.45) is 4.99 Å². The first kappa shape index (κ1) is 21.8. The Balaban J connectivity index is 0.00000261. The Hall–Kier alpha value is -1.48. The van der Waals surface area contributed by atoms with Crippen LogP contribution < -0.4 is 10.6 Å². The minimum atomic E-state index is 0. The number of rotatable bonds is 8. The summed E-state index contributed by atoms with van der Waals surface area (Å²) in [6.45, 7) is 9.65. The Kier molecular flexibility index (Phi) is 9.20. The molecule has 0 amide bonds. The molecule has 1 atom stereocenters. The number of halogens is 1. The average Bonchev–Trinajstić information content (AvgIpc) is 3.38. The van der Waals surface area contributed by atoms with Crippen molar-refractivity contribution in [1.82, 2.24) is 20.1 Å². The summed E-state index contributed by atoms with van der Waals surface area (Å²) in [7, 11) is 0. The highest BCUT2D eigenvalue weighted by atomic mass is 127. The third kappa shape index (κ3) is 6.57. The summed E-state index contributed by atoms with van der Waals surface area (Å²) in [4.78, 5) is 7.34. The number of aryl methyl sites for hydroxylation is 1. The molecule has 2 aromatic heterocycles. The summed E-state index contributed by atoms with van der Waals surface area (Å²) in [5.74, 6) is 2.86. The molecule has 0 radical (unpaired) electrons. The van der Waals surface area contributed by atoms with Crippen LogP contribution >= 0.6 is 24.0 Å². The molecule has 0 aromatic carbocycles. The Morgan fingerprint density at radius 3 is 2.56 bits per heavy atom. The molecule has 150 valence electrons. The van der Waals surface area contributed by atoms with Crippen LogP contribution in [0.4, 0.5) is 0 Å². The summed E-state index contributed by atoms with van der Waals surface area (Å²) in [6.07, 6.45) is 6.67. The van der Waals surface area contributed by atoms with Gasteiger partial charge in [0.1, 0.15) is 11.5 Å². The highest BCUT2D eigenvalue weighted by Gasteiger charge is 2.25. The number of guanidine groups is 1. The quantitative estimate of drug-likeness (QED) is 0.342. The normalized spacial score (nSPS) is 16.1. The standard InChI is InChI=1S/C20H31N5O.HI/c1-3-21-20(22-10-15-24-11-4-5-12-24)23-16-18(25-13-6-7-14-25)19-9-8-17(2)26-19;/h4-5,8-9,11-12,18H,3,6-7,10,13-16H2,1-2H3,(H2,21,22,23);1H. The molecule has 1 fully saturated rings. The van der Waals surface area contributed by atoms with Crippen LogP contribution in [-0.2, 0) is 6.54 Å². The SMILES string of the molecule is CCNC(=NCC(c1ccc(C)o1)N1CCCC1)NCCn1cccc1.I. The lowest BCUT2D eigenvalue weighted by Crippen LogP contribution is -2.39. The second kappa shape index (κ2) is 11.4. The predicted molar refractivity (Wildman–Crippen MR) is 121 cm³/mol. The van der Waals surface area contributed by atoms with E-state index in [4.69, 9.17) is 9.41 Å². The molecule has 1 aliphatic rings. The fraction of sp³-hybridized carbons (Fsp3) is 0.550. The largest absolute Gasteiger partial charge is 0.465 e. The van der Waals surface area contributed by atoms with Gasteiger partial charge in [-0.2, -0.15) is 0 Å². The van der Waals surface area contributed by atoms with Crippen LogP contribution in [0.15, 0.2) is 46.1 Å². The predicted octanol–water partition coefficient (Wildman–Crippen LogP) is 3.40. The van der Waals surface area contributed by atoms with E-state index in [-0.39, 0.29) is 30.0 Å². The van der Waals surface area contributed by atoms with Crippen molar-refractivity contribution >= 4 is 29.9 Å². The number of nitrogens with one attached hydrogen (secondary N) is 2. The first-order chi connectivity index (χ1) is 12.8. The number of nitrogens with zero attached hydrogens (tertiary/aromatic N) is 3. The number of hydrogen-bond donors (Lipinski definition) is 2. The van der Waals surface area contributed by atoms with Gasteiger partial charge < -0.3 is 19.6 Å². The van der Waals surface area contributed by atoms with Crippen LogP contribution in [0.3, 0.4) is 0 Å². The van der Waals surface area contributed by atoms with E-state index in [9.17, 15) is 0 Å². The van der Waals surface area contributed by atoms with Gasteiger partial charge in [0.15, 0.2) is 5.96 Å². The summed E-state index contributed by atoms with van der Waals surface area (Å²) in [6, 6.07) is 8.45. The molecule has 0 aliphatic carbocycles. The van der Waals surface area contributed by atoms with Gasteiger partial charge in [0.05, 0.1) is 12.6 Å². The van der Waals surface area contributed by atoms with E-state index in [1.165, 1.54) is 12.8 Å². The van der Waals surface area contributed by atoms with Gasteiger partial charge in [0.25, 0.3) is 0 Å². The molecule has 3 rings (SSSR count). The third-order valence-corrected chi connectivity index (χ3v) is 4.77. The molecule has 27 heavy (non-hydrogen) atoms. The molecule has 0 bridgehead atoms. The van der Waals surface area contributed by atoms with Crippen LogP contribution in [0.5, 0.6) is 0 Å². The monoisotopic (exact) mass is 485 g/mol. The molecule has 0 saturated carbocycles. The lowest BCUT2D eigenvalue weighted by Gasteiger charge is -2.24. The van der Waals surface area contributed by atoms with Gasteiger partial charge in [-0.3, -0.25) is 9.89 Å². The molecule has 1 saturated heterocycles. The van der Waals surface area contributed by atoms with Gasteiger partial charge >= 0.3 is 0 Å². The topological polar surface area (TPSA) is 57.7 Å². The number of likely N-dealkylation sites (tertiary alicyclic amines) is 1. The van der Waals surface area contributed by atoms with Crippen LogP contribution in [0, 0.1) is 6.92 Å². The average molecular weight is 485 g/mol. The lowest BCUT2D eigenvalue weighted by atomic mass is 10.2. The van der Waals surface area contributed by atoms with Crippen LogP contribution in [0.25, 0.3) is 0 Å². The third-order valence-electron chi connectivity index (χ3n) is 4.77. The Bertz CT molecular complexity index is 676. The van der Waals surface area contributed by atoms with E-state index in [0.29, 0.717) is 6.54 Å². The van der Waals surface area contributed by atoms with E-state index in [0.717, 1.165) is 50.2 Å². The summed E-state index contributed by atoms with van der Waals surface area (Å²) in [5.41, 5.74) is 0. The van der Waals surface area contributed by atoms with Crippen molar-refractivity contribution in [3.05, 3.63) is 48.2 Å². The highest BCUT2D eigenvalue weighted by molar-refractivity contribution is 14.0. The van der Waals surface area contributed by atoms with Crippen LogP contribution in [-0.4, -0.2) is 48.2 Å². The summed E-state index contributed by atoms with van der Waals surface area (Å²) in [5, 5.41) is 6.78. The maximum Gasteiger partial charge on any atom is 0.191 e. The zero-order valence-corrected chi connectivity index (χ0v) is 18.7. The van der Waals surface area contributed by atoms with Gasteiger partial charge in [-0.05, 0) is 64.0 Å². The van der Waals surface area contributed by atoms with Gasteiger partial charge in [0, 0.05) is 32.0 Å². The maximum absolute atomic E-state index is 5.93. The molecule has 1 unspecified atom stereocenters. The number of furan rings is 1. The fourth-order valence-corrected chi connectivity index (χ4v) is 3.41. The molecule has 6 nitrogen and oxygen atoms in total. The molecule has 0 spiro atoms. The van der Waals surface area contributed by atoms with E-state index in [1.54, 1.807) is 0 Å². The molecule has 1 aliphatic heterocycles. The maximum atomic E-state index is 5.93. The number of aliphatic imine (C=N–C) groups is 1. The molecule has 2 aromatic rings. The zero-order valence-electron chi connectivity index (χ0n) is 16.4. The Morgan fingerprint density at radius 1 is 1.19 bits per heavy atom. The smallest absolute Gasteiger partial charge is 0.191 e. The Labute approximate surface area is 179 Å². The second-order valence-electron chi connectivity index (χ2n) is 6.77. The zero-order chi connectivity index (χ0) is 18.2. The minimum Gasteiger partial charge on any atom is -0.465 e. The van der Waals surface area contributed by atoms with Crippen molar-refractivity contribution in [2.75, 3.05) is 32.7 Å². The van der Waals surface area contributed by atoms with Crippen molar-refractivity contribution in [1.29, 1.82) is 0 Å². The van der Waals surface area contributed by atoms with Crippen molar-refractivity contribution in [3.63, 3.8) is 0 Å². The molecule has 2 N–H and O–H groups in total.